The number of likely N-dealkylation sites (tertiary alicyclic amines) is 1. The van der Waals surface area contributed by atoms with Crippen LogP contribution in [0.2, 0.25) is 0 Å². The molecule has 2 aromatic heterocycles. The molecule has 2 fully saturated rings. The van der Waals surface area contributed by atoms with Gasteiger partial charge in [0, 0.05) is 31.4 Å². The fourth-order valence-corrected chi connectivity index (χ4v) is 4.60. The van der Waals surface area contributed by atoms with Crippen LogP contribution in [0.1, 0.15) is 54.1 Å². The maximum absolute atomic E-state index is 13.3. The van der Waals surface area contributed by atoms with Crippen LogP contribution in [0, 0.1) is 18.7 Å². The second kappa shape index (κ2) is 7.59. The summed E-state index contributed by atoms with van der Waals surface area (Å²) in [5.74, 6) is 1.31. The van der Waals surface area contributed by atoms with Crippen molar-refractivity contribution in [1.29, 1.82) is 0 Å². The Balaban J connectivity index is 1.44. The second-order valence-electron chi connectivity index (χ2n) is 8.98. The number of aromatic nitrogens is 4. The largest absolute Gasteiger partial charge is 0.336 e. The zero-order valence-electron chi connectivity index (χ0n) is 17.8. The van der Waals surface area contributed by atoms with E-state index in [4.69, 9.17) is 9.51 Å². The lowest BCUT2D eigenvalue weighted by atomic mass is 9.74. The normalized spacial score (nSPS) is 21.5. The number of halogens is 1. The number of nitrogens with zero attached hydrogens (tertiary/aromatic N) is 5. The lowest BCUT2D eigenvalue weighted by molar-refractivity contribution is 0.0600. The lowest BCUT2D eigenvalue weighted by Crippen LogP contribution is -2.49. The summed E-state index contributed by atoms with van der Waals surface area (Å²) in [4.78, 5) is 19.8. The van der Waals surface area contributed by atoms with E-state index in [2.05, 4.69) is 10.3 Å². The van der Waals surface area contributed by atoms with Crippen molar-refractivity contribution in [3.8, 4) is 11.5 Å². The van der Waals surface area contributed by atoms with Crippen LogP contribution in [0.5, 0.6) is 0 Å². The van der Waals surface area contributed by atoms with Gasteiger partial charge < -0.3 is 9.42 Å². The van der Waals surface area contributed by atoms with E-state index in [0.29, 0.717) is 42.0 Å². The molecule has 1 saturated carbocycles. The summed E-state index contributed by atoms with van der Waals surface area (Å²) in [6, 6.07) is 7.88. The van der Waals surface area contributed by atoms with Crippen molar-refractivity contribution in [3.63, 3.8) is 0 Å². The van der Waals surface area contributed by atoms with Crippen LogP contribution in [-0.4, -0.2) is 43.8 Å². The van der Waals surface area contributed by atoms with Crippen LogP contribution in [0.3, 0.4) is 0 Å². The first kappa shape index (κ1) is 19.9. The molecular formula is C23H26FN5O2. The molecule has 1 aromatic carbocycles. The Bertz CT molecular complexity index is 1080. The zero-order chi connectivity index (χ0) is 21.6. The molecule has 3 aromatic rings. The molecule has 1 aliphatic heterocycles. The Morgan fingerprint density at radius 2 is 2.06 bits per heavy atom. The molecule has 1 saturated heterocycles. The van der Waals surface area contributed by atoms with E-state index in [1.165, 1.54) is 25.0 Å². The van der Waals surface area contributed by atoms with E-state index >= 15 is 0 Å². The molecule has 1 aliphatic carbocycles. The van der Waals surface area contributed by atoms with Gasteiger partial charge in [0.15, 0.2) is 11.5 Å². The Morgan fingerprint density at radius 3 is 2.74 bits per heavy atom. The molecule has 5 rings (SSSR count). The van der Waals surface area contributed by atoms with Crippen LogP contribution < -0.4 is 0 Å². The van der Waals surface area contributed by atoms with E-state index in [-0.39, 0.29) is 17.1 Å². The molecule has 1 unspecified atom stereocenters. The quantitative estimate of drug-likeness (QED) is 0.622. The smallest absolute Gasteiger partial charge is 0.274 e. The summed E-state index contributed by atoms with van der Waals surface area (Å²) >= 11 is 0. The maximum Gasteiger partial charge on any atom is 0.274 e. The SMILES string of the molecule is Cc1cc(C(=O)N2CCCC(CC3CC3)(c3noc(-c4ccc(F)cc4)n3)C2)nn1C. The molecule has 0 N–H and O–H groups in total. The van der Waals surface area contributed by atoms with Crippen molar-refractivity contribution < 1.29 is 13.7 Å². The van der Waals surface area contributed by atoms with E-state index in [9.17, 15) is 9.18 Å². The summed E-state index contributed by atoms with van der Waals surface area (Å²) in [6.45, 7) is 3.19. The van der Waals surface area contributed by atoms with Crippen molar-refractivity contribution in [2.45, 2.75) is 44.4 Å². The minimum atomic E-state index is -0.333. The van der Waals surface area contributed by atoms with Gasteiger partial charge in [0.05, 0.1) is 5.41 Å². The Labute approximate surface area is 180 Å². The molecule has 31 heavy (non-hydrogen) atoms. The molecular weight excluding hydrogens is 397 g/mol. The van der Waals surface area contributed by atoms with Crippen molar-refractivity contribution >= 4 is 5.91 Å². The Kier molecular flexibility index (Phi) is 4.87. The van der Waals surface area contributed by atoms with Gasteiger partial charge >= 0.3 is 0 Å². The number of hydrogen-bond donors (Lipinski definition) is 0. The Morgan fingerprint density at radius 1 is 1.29 bits per heavy atom. The number of aryl methyl sites for hydroxylation is 2. The standard InChI is InChI=1S/C23H26FN5O2/c1-15-12-19(26-28(15)2)21(30)29-11-3-10-23(14-29,13-16-4-5-16)22-25-20(31-27-22)17-6-8-18(24)9-7-17/h6-9,12,16H,3-5,10-11,13-14H2,1-2H3. The van der Waals surface area contributed by atoms with Crippen molar-refractivity contribution in [3.05, 3.63) is 53.4 Å². The van der Waals surface area contributed by atoms with Crippen LogP contribution in [0.25, 0.3) is 11.5 Å². The number of carbonyl (C=O) groups excluding carboxylic acids is 1. The first-order valence-corrected chi connectivity index (χ1v) is 10.8. The van der Waals surface area contributed by atoms with E-state index in [0.717, 1.165) is 25.0 Å². The highest BCUT2D eigenvalue weighted by atomic mass is 19.1. The monoisotopic (exact) mass is 423 g/mol. The summed E-state index contributed by atoms with van der Waals surface area (Å²) in [6.07, 6.45) is 5.15. The summed E-state index contributed by atoms with van der Waals surface area (Å²) in [5.41, 5.74) is 1.78. The number of piperidine rings is 1. The molecule has 1 amide bonds. The number of rotatable bonds is 5. The van der Waals surface area contributed by atoms with Crippen LogP contribution in [0.15, 0.2) is 34.9 Å². The number of carbonyl (C=O) groups is 1. The van der Waals surface area contributed by atoms with Crippen LogP contribution in [0.4, 0.5) is 4.39 Å². The number of hydrogen-bond acceptors (Lipinski definition) is 5. The van der Waals surface area contributed by atoms with Gasteiger partial charge in [-0.05, 0) is 62.4 Å². The van der Waals surface area contributed by atoms with Gasteiger partial charge in [-0.3, -0.25) is 9.48 Å². The lowest BCUT2D eigenvalue weighted by Gasteiger charge is -2.41. The van der Waals surface area contributed by atoms with Gasteiger partial charge in [-0.25, -0.2) is 4.39 Å². The highest BCUT2D eigenvalue weighted by Crippen LogP contribution is 2.46. The summed E-state index contributed by atoms with van der Waals surface area (Å²) in [7, 11) is 1.84. The van der Waals surface area contributed by atoms with Gasteiger partial charge in [-0.15, -0.1) is 0 Å². The molecule has 2 aliphatic rings. The van der Waals surface area contributed by atoms with Crippen LogP contribution >= 0.6 is 0 Å². The van der Waals surface area contributed by atoms with Crippen molar-refractivity contribution in [2.75, 3.05) is 13.1 Å². The van der Waals surface area contributed by atoms with E-state index in [1.54, 1.807) is 16.8 Å². The second-order valence-corrected chi connectivity index (χ2v) is 8.98. The van der Waals surface area contributed by atoms with Crippen LogP contribution in [-0.2, 0) is 12.5 Å². The molecule has 7 nitrogen and oxygen atoms in total. The van der Waals surface area contributed by atoms with Gasteiger partial charge in [0.25, 0.3) is 11.8 Å². The third-order valence-electron chi connectivity index (χ3n) is 6.56. The topological polar surface area (TPSA) is 77.1 Å². The highest BCUT2D eigenvalue weighted by Gasteiger charge is 2.46. The zero-order valence-corrected chi connectivity index (χ0v) is 17.8. The van der Waals surface area contributed by atoms with Crippen molar-refractivity contribution in [1.82, 2.24) is 24.8 Å². The first-order valence-electron chi connectivity index (χ1n) is 10.8. The third kappa shape index (κ3) is 3.86. The minimum Gasteiger partial charge on any atom is -0.336 e. The average molecular weight is 423 g/mol. The van der Waals surface area contributed by atoms with E-state index < -0.39 is 0 Å². The number of benzene rings is 1. The molecule has 0 spiro atoms. The molecule has 0 bridgehead atoms. The van der Waals surface area contributed by atoms with Gasteiger partial charge in [0.1, 0.15) is 5.82 Å². The maximum atomic E-state index is 13.3. The number of amides is 1. The van der Waals surface area contributed by atoms with Crippen molar-refractivity contribution in [2.24, 2.45) is 13.0 Å². The molecule has 8 heteroatoms. The minimum absolute atomic E-state index is 0.0502. The molecule has 3 heterocycles. The van der Waals surface area contributed by atoms with E-state index in [1.807, 2.05) is 24.9 Å². The molecule has 1 atom stereocenters. The fourth-order valence-electron chi connectivity index (χ4n) is 4.60. The highest BCUT2D eigenvalue weighted by molar-refractivity contribution is 5.92. The predicted molar refractivity (Wildman–Crippen MR) is 112 cm³/mol. The molecule has 0 radical (unpaired) electrons. The van der Waals surface area contributed by atoms with Gasteiger partial charge in [-0.2, -0.15) is 10.1 Å². The van der Waals surface area contributed by atoms with Gasteiger partial charge in [-0.1, -0.05) is 18.0 Å². The third-order valence-corrected chi connectivity index (χ3v) is 6.56. The fraction of sp³-hybridized carbons (Fsp3) is 0.478. The first-order chi connectivity index (χ1) is 14.9. The summed E-state index contributed by atoms with van der Waals surface area (Å²) in [5, 5.41) is 8.71. The van der Waals surface area contributed by atoms with Gasteiger partial charge in [0.2, 0.25) is 0 Å². The molecule has 162 valence electrons. The average Bonchev–Trinajstić information content (AvgIpc) is 3.30. The Hall–Kier alpha value is -3.03. The summed E-state index contributed by atoms with van der Waals surface area (Å²) < 4.78 is 20.6. The predicted octanol–water partition coefficient (Wildman–Crippen LogP) is 3.89.